The zero-order valence-corrected chi connectivity index (χ0v) is 18.3. The predicted octanol–water partition coefficient (Wildman–Crippen LogP) is 3.86. The summed E-state index contributed by atoms with van der Waals surface area (Å²) >= 11 is 1.31. The molecule has 1 atom stereocenters. The normalized spacial score (nSPS) is 15.2. The van der Waals surface area contributed by atoms with Gasteiger partial charge in [0.15, 0.2) is 16.7 Å². The molecule has 0 fully saturated rings. The monoisotopic (exact) mass is 437 g/mol. The summed E-state index contributed by atoms with van der Waals surface area (Å²) in [5.41, 5.74) is 3.24. The molecule has 0 spiro atoms. The Morgan fingerprint density at radius 2 is 1.97 bits per heavy atom. The van der Waals surface area contributed by atoms with E-state index in [0.29, 0.717) is 34.6 Å². The van der Waals surface area contributed by atoms with Crippen molar-refractivity contribution in [1.29, 1.82) is 0 Å². The first-order chi connectivity index (χ1) is 15.0. The van der Waals surface area contributed by atoms with Crippen LogP contribution in [0.2, 0.25) is 0 Å². The Kier molecular flexibility index (Phi) is 5.99. The molecular formula is C23H23N3O4S. The van der Waals surface area contributed by atoms with Gasteiger partial charge in [0, 0.05) is 12.3 Å². The number of hydrogen-bond acceptors (Lipinski definition) is 6. The van der Waals surface area contributed by atoms with Gasteiger partial charge in [-0.25, -0.2) is 4.98 Å². The molecule has 1 aliphatic heterocycles. The van der Waals surface area contributed by atoms with E-state index in [1.807, 2.05) is 55.6 Å². The maximum Gasteiger partial charge on any atom is 0.257 e. The Labute approximate surface area is 184 Å². The number of amides is 1. The highest BCUT2D eigenvalue weighted by Gasteiger charge is 2.31. The fourth-order valence-electron chi connectivity index (χ4n) is 3.68. The van der Waals surface area contributed by atoms with Gasteiger partial charge in [-0.1, -0.05) is 42.1 Å². The second kappa shape index (κ2) is 8.85. The fourth-order valence-corrected chi connectivity index (χ4v) is 4.06. The second-order valence-electron chi connectivity index (χ2n) is 7.27. The zero-order valence-electron chi connectivity index (χ0n) is 17.5. The molecule has 0 radical (unpaired) electrons. The lowest BCUT2D eigenvalue weighted by atomic mass is 9.86. The number of thioether (sulfide) groups is 1. The summed E-state index contributed by atoms with van der Waals surface area (Å²) in [6.07, 6.45) is 1.97. The summed E-state index contributed by atoms with van der Waals surface area (Å²) in [7, 11) is 1.57. The van der Waals surface area contributed by atoms with Crippen LogP contribution < -0.4 is 20.3 Å². The highest BCUT2D eigenvalue weighted by atomic mass is 32.2. The minimum absolute atomic E-state index is 0.156. The number of H-pyrrole nitrogens is 1. The summed E-state index contributed by atoms with van der Waals surface area (Å²) in [5.74, 6) is 0.855. The van der Waals surface area contributed by atoms with Crippen molar-refractivity contribution in [3.8, 4) is 11.5 Å². The molecule has 7 nitrogen and oxygen atoms in total. The molecule has 0 saturated carbocycles. The molecule has 2 N–H and O–H groups in total. The number of benzene rings is 2. The predicted molar refractivity (Wildman–Crippen MR) is 120 cm³/mol. The average Bonchev–Trinajstić information content (AvgIpc) is 2.77. The van der Waals surface area contributed by atoms with Crippen LogP contribution in [0.1, 0.15) is 34.6 Å². The number of ether oxygens (including phenoxy) is 2. The van der Waals surface area contributed by atoms with Crippen molar-refractivity contribution in [1.82, 2.24) is 9.97 Å². The number of carbonyl (C=O) groups excluding carboxylic acids is 1. The van der Waals surface area contributed by atoms with Gasteiger partial charge in [0.2, 0.25) is 5.91 Å². The van der Waals surface area contributed by atoms with Crippen molar-refractivity contribution >= 4 is 23.5 Å². The highest BCUT2D eigenvalue weighted by Crippen LogP contribution is 2.38. The number of anilines is 1. The van der Waals surface area contributed by atoms with Gasteiger partial charge in [-0.2, -0.15) is 0 Å². The summed E-state index contributed by atoms with van der Waals surface area (Å²) in [4.78, 5) is 32.2. The average molecular weight is 438 g/mol. The number of nitrogens with one attached hydrogen (secondary N) is 2. The van der Waals surface area contributed by atoms with Crippen molar-refractivity contribution in [3.05, 3.63) is 75.1 Å². The molecular weight excluding hydrogens is 414 g/mol. The van der Waals surface area contributed by atoms with E-state index in [4.69, 9.17) is 9.47 Å². The van der Waals surface area contributed by atoms with Crippen LogP contribution in [0, 0.1) is 6.92 Å². The third-order valence-corrected chi connectivity index (χ3v) is 5.94. The van der Waals surface area contributed by atoms with Gasteiger partial charge in [-0.15, -0.1) is 0 Å². The van der Waals surface area contributed by atoms with Gasteiger partial charge in [0.05, 0.1) is 12.7 Å². The van der Waals surface area contributed by atoms with Crippen molar-refractivity contribution in [2.24, 2.45) is 0 Å². The summed E-state index contributed by atoms with van der Waals surface area (Å²) in [6, 6.07) is 13.5. The second-order valence-corrected chi connectivity index (χ2v) is 8.06. The molecule has 160 valence electrons. The lowest BCUT2D eigenvalue weighted by molar-refractivity contribution is -0.116. The minimum Gasteiger partial charge on any atom is -0.493 e. The SMILES string of the molecule is COc1cc([C@@H]2CC(=O)Nc3nc(SC)[nH]c(=O)c32)ccc1OCc1ccccc1C. The Morgan fingerprint density at radius 1 is 1.16 bits per heavy atom. The van der Waals surface area contributed by atoms with Crippen molar-refractivity contribution in [2.75, 3.05) is 18.7 Å². The largest absolute Gasteiger partial charge is 0.493 e. The summed E-state index contributed by atoms with van der Waals surface area (Å²) in [5, 5.41) is 3.18. The molecule has 2 aromatic carbocycles. The first kappa shape index (κ1) is 21.0. The molecule has 31 heavy (non-hydrogen) atoms. The van der Waals surface area contributed by atoms with Crippen LogP contribution in [-0.4, -0.2) is 29.2 Å². The van der Waals surface area contributed by atoms with E-state index >= 15 is 0 Å². The molecule has 8 heteroatoms. The number of fused-ring (bicyclic) bond motifs is 1. The van der Waals surface area contributed by atoms with Crippen LogP contribution in [0.5, 0.6) is 11.5 Å². The molecule has 1 aliphatic rings. The molecule has 0 unspecified atom stereocenters. The number of aryl methyl sites for hydroxylation is 1. The van der Waals surface area contributed by atoms with E-state index in [9.17, 15) is 9.59 Å². The Balaban J connectivity index is 1.66. The maximum atomic E-state index is 12.7. The van der Waals surface area contributed by atoms with Crippen molar-refractivity contribution in [3.63, 3.8) is 0 Å². The molecule has 2 heterocycles. The van der Waals surface area contributed by atoms with Crippen LogP contribution in [0.15, 0.2) is 52.4 Å². The molecule has 1 aromatic heterocycles. The molecule has 0 aliphatic carbocycles. The highest BCUT2D eigenvalue weighted by molar-refractivity contribution is 7.98. The van der Waals surface area contributed by atoms with Crippen molar-refractivity contribution < 1.29 is 14.3 Å². The molecule has 0 bridgehead atoms. The third-order valence-electron chi connectivity index (χ3n) is 5.36. The van der Waals surface area contributed by atoms with E-state index in [2.05, 4.69) is 15.3 Å². The summed E-state index contributed by atoms with van der Waals surface area (Å²) < 4.78 is 11.5. The fraction of sp³-hybridized carbons (Fsp3) is 0.261. The van der Waals surface area contributed by atoms with Crippen LogP contribution in [0.25, 0.3) is 0 Å². The molecule has 3 aromatic rings. The Bertz CT molecular complexity index is 1190. The lowest BCUT2D eigenvalue weighted by Crippen LogP contribution is -2.31. The third kappa shape index (κ3) is 4.29. The minimum atomic E-state index is -0.421. The number of carbonyl (C=O) groups is 1. The number of hydrogen-bond donors (Lipinski definition) is 2. The standard InChI is InChI=1S/C23H23N3O4S/c1-13-6-4-5-7-15(13)12-30-17-9-8-14(10-18(17)29-2)16-11-19(27)24-21-20(16)22(28)26-23(25-21)31-3/h4-10,16H,11-12H2,1-3H3,(H2,24,25,26,27,28)/t16-/m0/s1. The van der Waals surface area contributed by atoms with Gasteiger partial charge in [0.25, 0.3) is 5.56 Å². The van der Waals surface area contributed by atoms with Gasteiger partial charge in [-0.05, 0) is 42.0 Å². The van der Waals surface area contributed by atoms with Crippen LogP contribution in [-0.2, 0) is 11.4 Å². The molecule has 4 rings (SSSR count). The topological polar surface area (TPSA) is 93.3 Å². The van der Waals surface area contributed by atoms with Gasteiger partial charge in [0.1, 0.15) is 12.4 Å². The van der Waals surface area contributed by atoms with Crippen molar-refractivity contribution in [2.45, 2.75) is 31.0 Å². The van der Waals surface area contributed by atoms with Crippen LogP contribution in [0.3, 0.4) is 0 Å². The quantitative estimate of drug-likeness (QED) is 0.449. The first-order valence-corrected chi connectivity index (χ1v) is 11.1. The Hall–Kier alpha value is -3.26. The number of methoxy groups -OCH3 is 1. The number of rotatable bonds is 6. The summed E-state index contributed by atoms with van der Waals surface area (Å²) in [6.45, 7) is 2.46. The smallest absolute Gasteiger partial charge is 0.257 e. The van der Waals surface area contributed by atoms with E-state index in [1.165, 1.54) is 11.8 Å². The van der Waals surface area contributed by atoms with E-state index in [1.54, 1.807) is 7.11 Å². The maximum absolute atomic E-state index is 12.7. The lowest BCUT2D eigenvalue weighted by Gasteiger charge is -2.25. The number of nitrogens with zero attached hydrogens (tertiary/aromatic N) is 1. The molecule has 1 amide bonds. The van der Waals surface area contributed by atoms with E-state index < -0.39 is 5.92 Å². The van der Waals surface area contributed by atoms with E-state index in [0.717, 1.165) is 16.7 Å². The van der Waals surface area contributed by atoms with Gasteiger partial charge >= 0.3 is 0 Å². The number of aromatic nitrogens is 2. The van der Waals surface area contributed by atoms with E-state index in [-0.39, 0.29) is 17.9 Å². The molecule has 0 saturated heterocycles. The zero-order chi connectivity index (χ0) is 22.0. The van der Waals surface area contributed by atoms with Crippen LogP contribution >= 0.6 is 11.8 Å². The van der Waals surface area contributed by atoms with Gasteiger partial charge < -0.3 is 19.8 Å². The van der Waals surface area contributed by atoms with Gasteiger partial charge in [-0.3, -0.25) is 9.59 Å². The first-order valence-electron chi connectivity index (χ1n) is 9.83. The Morgan fingerprint density at radius 3 is 2.71 bits per heavy atom. The van der Waals surface area contributed by atoms with Crippen LogP contribution in [0.4, 0.5) is 5.82 Å². The number of aromatic amines is 1.